The number of anilines is 2. The minimum Gasteiger partial charge on any atom is -0.872 e. The van der Waals surface area contributed by atoms with E-state index in [9.17, 15) is 25.2 Å². The summed E-state index contributed by atoms with van der Waals surface area (Å²) in [5, 5.41) is 56.7. The molecule has 3 N–H and O–H groups in total. The first-order chi connectivity index (χ1) is 21.7. The summed E-state index contributed by atoms with van der Waals surface area (Å²) in [5.74, 6) is -2.65. The summed E-state index contributed by atoms with van der Waals surface area (Å²) in [4.78, 5) is 14.9. The summed E-state index contributed by atoms with van der Waals surface area (Å²) < 4.78 is 0. The minimum atomic E-state index is -0.900. The van der Waals surface area contributed by atoms with Crippen molar-refractivity contribution in [1.82, 2.24) is 0 Å². The lowest BCUT2D eigenvalue weighted by atomic mass is 9.83. The SMILES string of the molecule is CCCCCCCCN(CCCCCCCC)c1ccc(C2=C([O-])C(c3c(O)cc(N(C)CCCC(=O)O)cc3O)=C2[O-])cc1. The number of phenols is 2. The Morgan fingerprint density at radius 2 is 1.16 bits per heavy atom. The summed E-state index contributed by atoms with van der Waals surface area (Å²) in [6, 6.07) is 10.4. The Labute approximate surface area is 269 Å². The van der Waals surface area contributed by atoms with Crippen LogP contribution < -0.4 is 20.0 Å². The third-order valence-corrected chi connectivity index (χ3v) is 8.65. The van der Waals surface area contributed by atoms with Crippen molar-refractivity contribution in [3.8, 4) is 11.5 Å². The highest BCUT2D eigenvalue weighted by Gasteiger charge is 2.25. The van der Waals surface area contributed by atoms with Crippen molar-refractivity contribution in [2.45, 2.75) is 104 Å². The molecular weight excluding hydrogens is 568 g/mol. The van der Waals surface area contributed by atoms with E-state index >= 15 is 0 Å². The fourth-order valence-corrected chi connectivity index (χ4v) is 5.93. The number of rotatable bonds is 22. The van der Waals surface area contributed by atoms with Crippen LogP contribution in [0.1, 0.15) is 115 Å². The van der Waals surface area contributed by atoms with Crippen LogP contribution in [-0.4, -0.2) is 48.0 Å². The number of benzene rings is 2. The quantitative estimate of drug-likeness (QED) is 0.123. The molecule has 0 radical (unpaired) electrons. The van der Waals surface area contributed by atoms with Crippen molar-refractivity contribution in [1.29, 1.82) is 0 Å². The third kappa shape index (κ3) is 10.1. The van der Waals surface area contributed by atoms with E-state index in [1.807, 2.05) is 24.3 Å². The van der Waals surface area contributed by atoms with E-state index in [4.69, 9.17) is 5.11 Å². The van der Waals surface area contributed by atoms with Crippen LogP contribution in [0.5, 0.6) is 11.5 Å². The normalized spacial score (nSPS) is 12.9. The standard InChI is InChI=1S/C37H54N2O6/c1-4-6-8-10-12-14-23-39(24-15-13-11-9-7-5-2)28-20-18-27(19-21-28)33-36(44)35(37(33)45)34-30(40)25-29(26-31(34)41)38(3)22-16-17-32(42)43/h18-21,25-26,40-41,44-45H,4-17,22-24H2,1-3H3,(H,42,43)/p-2. The van der Waals surface area contributed by atoms with E-state index in [1.54, 1.807) is 11.9 Å². The number of aliphatic carboxylic acids is 1. The van der Waals surface area contributed by atoms with Crippen molar-refractivity contribution in [2.75, 3.05) is 36.5 Å². The molecule has 1 aliphatic carbocycles. The monoisotopic (exact) mass is 620 g/mol. The van der Waals surface area contributed by atoms with Gasteiger partial charge in [0.2, 0.25) is 0 Å². The number of carboxylic acid groups (broad SMARTS) is 1. The number of hydrogen-bond acceptors (Lipinski definition) is 7. The van der Waals surface area contributed by atoms with Crippen LogP contribution in [-0.2, 0) is 4.79 Å². The fraction of sp³-hybridized carbons (Fsp3) is 0.541. The molecule has 1 aliphatic rings. The number of nitrogens with zero attached hydrogens (tertiary/aromatic N) is 2. The molecule has 8 heteroatoms. The van der Waals surface area contributed by atoms with Crippen LogP contribution in [0.3, 0.4) is 0 Å². The van der Waals surface area contributed by atoms with Crippen molar-refractivity contribution in [3.63, 3.8) is 0 Å². The maximum Gasteiger partial charge on any atom is 0.303 e. The number of unbranched alkanes of at least 4 members (excludes halogenated alkanes) is 10. The zero-order valence-corrected chi connectivity index (χ0v) is 27.4. The van der Waals surface area contributed by atoms with Gasteiger partial charge in [-0.05, 0) is 48.1 Å². The van der Waals surface area contributed by atoms with Gasteiger partial charge in [-0.3, -0.25) is 4.79 Å². The van der Waals surface area contributed by atoms with E-state index in [1.165, 1.54) is 76.3 Å². The van der Waals surface area contributed by atoms with E-state index < -0.39 is 17.5 Å². The van der Waals surface area contributed by atoms with Crippen molar-refractivity contribution >= 4 is 28.5 Å². The van der Waals surface area contributed by atoms with Crippen LogP contribution in [0.4, 0.5) is 11.4 Å². The minimum absolute atomic E-state index is 0.00279. The maximum absolute atomic E-state index is 13.2. The summed E-state index contributed by atoms with van der Waals surface area (Å²) in [5.41, 5.74) is 1.73. The highest BCUT2D eigenvalue weighted by Crippen LogP contribution is 2.48. The lowest BCUT2D eigenvalue weighted by Crippen LogP contribution is -2.27. The molecule has 0 spiro atoms. The molecule has 0 saturated heterocycles. The molecule has 0 aliphatic heterocycles. The van der Waals surface area contributed by atoms with Gasteiger partial charge >= 0.3 is 5.97 Å². The van der Waals surface area contributed by atoms with Gasteiger partial charge in [-0.1, -0.05) is 102 Å². The fourth-order valence-electron chi connectivity index (χ4n) is 5.93. The summed E-state index contributed by atoms with van der Waals surface area (Å²) in [6.45, 7) is 6.82. The molecule has 0 amide bonds. The van der Waals surface area contributed by atoms with E-state index in [-0.39, 0.29) is 34.6 Å². The Morgan fingerprint density at radius 3 is 1.64 bits per heavy atom. The first-order valence-electron chi connectivity index (χ1n) is 16.9. The Hall–Kier alpha value is -3.81. The van der Waals surface area contributed by atoms with Gasteiger partial charge in [0.1, 0.15) is 11.5 Å². The number of aromatic hydroxyl groups is 2. The molecule has 3 rings (SSSR count). The highest BCUT2D eigenvalue weighted by atomic mass is 16.4. The molecule has 0 aromatic heterocycles. The molecule has 2 aromatic rings. The first kappa shape index (κ1) is 35.7. The second kappa shape index (κ2) is 18.2. The second-order valence-electron chi connectivity index (χ2n) is 12.3. The lowest BCUT2D eigenvalue weighted by molar-refractivity contribution is -0.316. The molecule has 2 aromatic carbocycles. The maximum atomic E-state index is 13.2. The summed E-state index contributed by atoms with van der Waals surface area (Å²) in [7, 11) is 1.71. The predicted octanol–water partition coefficient (Wildman–Crippen LogP) is 6.78. The van der Waals surface area contributed by atoms with Gasteiger partial charge in [0.15, 0.2) is 0 Å². The highest BCUT2D eigenvalue weighted by molar-refractivity contribution is 6.07. The van der Waals surface area contributed by atoms with Gasteiger partial charge < -0.3 is 35.3 Å². The zero-order chi connectivity index (χ0) is 32.8. The molecule has 45 heavy (non-hydrogen) atoms. The number of carbonyl (C=O) groups is 1. The second-order valence-corrected chi connectivity index (χ2v) is 12.3. The molecule has 0 bridgehead atoms. The Morgan fingerprint density at radius 1 is 0.667 bits per heavy atom. The number of allylic oxidation sites excluding steroid dienone is 2. The lowest BCUT2D eigenvalue weighted by Gasteiger charge is -2.40. The van der Waals surface area contributed by atoms with Gasteiger partial charge in [-0.15, -0.1) is 0 Å². The third-order valence-electron chi connectivity index (χ3n) is 8.65. The van der Waals surface area contributed by atoms with Crippen LogP contribution in [0.15, 0.2) is 47.9 Å². The number of carboxylic acids is 1. The molecule has 0 saturated carbocycles. The van der Waals surface area contributed by atoms with Crippen molar-refractivity contribution in [3.05, 3.63) is 59.0 Å². The molecule has 0 heterocycles. The average Bonchev–Trinajstić information content (AvgIpc) is 3.01. The molecule has 8 nitrogen and oxygen atoms in total. The van der Waals surface area contributed by atoms with Gasteiger partial charge in [0.25, 0.3) is 0 Å². The van der Waals surface area contributed by atoms with Crippen molar-refractivity contribution in [2.24, 2.45) is 0 Å². The van der Waals surface area contributed by atoms with E-state index in [2.05, 4.69) is 18.7 Å². The Balaban J connectivity index is 1.70. The molecule has 0 fully saturated rings. The average molecular weight is 621 g/mol. The molecule has 0 atom stereocenters. The first-order valence-corrected chi connectivity index (χ1v) is 16.9. The predicted molar refractivity (Wildman–Crippen MR) is 179 cm³/mol. The smallest absolute Gasteiger partial charge is 0.303 e. The van der Waals surface area contributed by atoms with Gasteiger partial charge in [-0.25, -0.2) is 0 Å². The van der Waals surface area contributed by atoms with Gasteiger partial charge in [0, 0.05) is 56.6 Å². The topological polar surface area (TPSA) is 130 Å². The number of hydrogen-bond donors (Lipinski definition) is 3. The zero-order valence-electron chi connectivity index (χ0n) is 27.4. The summed E-state index contributed by atoms with van der Waals surface area (Å²) in [6.07, 6.45) is 15.2. The Bertz CT molecular complexity index is 1260. The molecule has 248 valence electrons. The van der Waals surface area contributed by atoms with Crippen LogP contribution in [0, 0.1) is 0 Å². The summed E-state index contributed by atoms with van der Waals surface area (Å²) >= 11 is 0. The van der Waals surface area contributed by atoms with Crippen LogP contribution in [0.25, 0.3) is 11.1 Å². The molecular formula is C37H52N2O6-2. The van der Waals surface area contributed by atoms with Crippen LogP contribution >= 0.6 is 0 Å². The molecule has 0 unspecified atom stereocenters. The largest absolute Gasteiger partial charge is 0.872 e. The van der Waals surface area contributed by atoms with Crippen LogP contribution in [0.2, 0.25) is 0 Å². The van der Waals surface area contributed by atoms with E-state index in [0.717, 1.165) is 31.6 Å². The number of phenolic OH excluding ortho intramolecular Hbond substituents is 2. The van der Waals surface area contributed by atoms with Gasteiger partial charge in [-0.2, -0.15) is 0 Å². The Kier molecular flexibility index (Phi) is 14.4. The van der Waals surface area contributed by atoms with E-state index in [0.29, 0.717) is 24.2 Å². The van der Waals surface area contributed by atoms with Crippen molar-refractivity contribution < 1.29 is 30.3 Å². The van der Waals surface area contributed by atoms with Gasteiger partial charge in [0.05, 0.1) is 5.56 Å².